The fourth-order valence-electron chi connectivity index (χ4n) is 9.86. The Balaban J connectivity index is 0.817. The number of aromatic nitrogens is 5. The average Bonchev–Trinajstić information content (AvgIpc) is 4.04. The van der Waals surface area contributed by atoms with Crippen LogP contribution < -0.4 is 16.0 Å². The van der Waals surface area contributed by atoms with Crippen LogP contribution in [0.5, 0.6) is 5.75 Å². The Morgan fingerprint density at radius 2 is 1.66 bits per heavy atom. The van der Waals surface area contributed by atoms with Gasteiger partial charge in [0, 0.05) is 44.7 Å². The van der Waals surface area contributed by atoms with E-state index in [1.165, 1.54) is 4.90 Å². The number of anilines is 1. The Hall–Kier alpha value is -5.49. The molecule has 0 unspecified atom stereocenters. The Kier molecular flexibility index (Phi) is 14.9. The molecule has 67 heavy (non-hydrogen) atoms. The zero-order chi connectivity index (χ0) is 47.4. The van der Waals surface area contributed by atoms with Crippen LogP contribution >= 0.6 is 11.3 Å². The van der Waals surface area contributed by atoms with Crippen LogP contribution in [0.4, 0.5) is 5.82 Å². The average molecular weight is 934 g/mol. The number of phenols is 1. The molecule has 3 aliphatic rings. The molecular weight excluding hydrogens is 867 g/mol. The van der Waals surface area contributed by atoms with E-state index in [-0.39, 0.29) is 55.1 Å². The molecule has 0 saturated carbocycles. The number of benzene rings is 2. The molecule has 6 heterocycles. The molecule has 16 nitrogen and oxygen atoms in total. The Bertz CT molecular complexity index is 2510. The van der Waals surface area contributed by atoms with Crippen molar-refractivity contribution in [3.8, 4) is 27.4 Å². The normalized spacial score (nSPS) is 20.0. The number of likely N-dealkylation sites (tertiary alicyclic amines) is 3. The van der Waals surface area contributed by atoms with Gasteiger partial charge >= 0.3 is 0 Å². The van der Waals surface area contributed by atoms with Crippen LogP contribution in [0.25, 0.3) is 32.7 Å². The molecule has 17 heteroatoms. The first-order chi connectivity index (χ1) is 32.2. The predicted molar refractivity (Wildman–Crippen MR) is 261 cm³/mol. The Morgan fingerprint density at radius 1 is 0.940 bits per heavy atom. The van der Waals surface area contributed by atoms with E-state index >= 15 is 0 Å². The molecule has 0 spiro atoms. The molecule has 358 valence electrons. The maximum Gasteiger partial charge on any atom is 0.246 e. The number of nitrogens with one attached hydrogen (secondary N) is 3. The monoisotopic (exact) mass is 934 g/mol. The number of nitrogens with zero attached hydrogens (tertiary/aromatic N) is 8. The molecule has 3 saturated heterocycles. The first-order valence-electron chi connectivity index (χ1n) is 24.0. The second-order valence-electron chi connectivity index (χ2n) is 19.8. The summed E-state index contributed by atoms with van der Waals surface area (Å²) in [6.45, 7) is 17.2. The first kappa shape index (κ1) is 48.0. The van der Waals surface area contributed by atoms with Gasteiger partial charge in [0.15, 0.2) is 11.3 Å². The quantitative estimate of drug-likeness (QED) is 0.0803. The molecule has 4 atom stereocenters. The van der Waals surface area contributed by atoms with Crippen LogP contribution in [-0.2, 0) is 14.4 Å². The van der Waals surface area contributed by atoms with E-state index < -0.39 is 23.6 Å². The van der Waals surface area contributed by atoms with Crippen molar-refractivity contribution in [2.75, 3.05) is 57.7 Å². The zero-order valence-corrected chi connectivity index (χ0v) is 40.6. The van der Waals surface area contributed by atoms with Crippen molar-refractivity contribution in [1.29, 1.82) is 0 Å². The molecule has 3 aliphatic heterocycles. The minimum atomic E-state index is -0.882. The Labute approximate surface area is 397 Å². The van der Waals surface area contributed by atoms with E-state index in [2.05, 4.69) is 52.5 Å². The molecule has 5 N–H and O–H groups in total. The van der Waals surface area contributed by atoms with Gasteiger partial charge in [-0.15, -0.1) is 21.5 Å². The van der Waals surface area contributed by atoms with Gasteiger partial charge in [0.1, 0.15) is 17.8 Å². The number of carbonyl (C=O) groups excluding carboxylic acids is 3. The van der Waals surface area contributed by atoms with E-state index in [1.807, 2.05) is 82.6 Å². The minimum Gasteiger partial charge on any atom is -0.507 e. The fourth-order valence-corrected chi connectivity index (χ4v) is 10.7. The predicted octanol–water partition coefficient (Wildman–Crippen LogP) is 6.17. The summed E-state index contributed by atoms with van der Waals surface area (Å²) in [5.41, 5.74) is 7.05. The molecule has 3 aromatic heterocycles. The number of aliphatic hydroxyl groups excluding tert-OH is 1. The van der Waals surface area contributed by atoms with Crippen LogP contribution in [0.1, 0.15) is 96.5 Å². The number of aliphatic hydroxyl groups is 1. The topological polar surface area (TPSA) is 194 Å². The molecule has 2 aromatic carbocycles. The molecular formula is C50H67N11O5S. The van der Waals surface area contributed by atoms with E-state index in [0.29, 0.717) is 17.2 Å². The van der Waals surface area contributed by atoms with E-state index in [0.717, 1.165) is 110 Å². The van der Waals surface area contributed by atoms with Crippen molar-refractivity contribution in [2.45, 2.75) is 110 Å². The van der Waals surface area contributed by atoms with Crippen LogP contribution in [0.2, 0.25) is 0 Å². The summed E-state index contributed by atoms with van der Waals surface area (Å²) in [7, 11) is 0. The summed E-state index contributed by atoms with van der Waals surface area (Å²) in [5.74, 6) is 0.506. The van der Waals surface area contributed by atoms with E-state index in [1.54, 1.807) is 23.5 Å². The summed E-state index contributed by atoms with van der Waals surface area (Å²) in [5, 5.41) is 44.9. The molecule has 0 aliphatic carbocycles. The third-order valence-electron chi connectivity index (χ3n) is 13.7. The highest BCUT2D eigenvalue weighted by atomic mass is 32.1. The summed E-state index contributed by atoms with van der Waals surface area (Å²) in [6.07, 6.45) is 4.11. The number of rotatable bonds is 15. The lowest BCUT2D eigenvalue weighted by atomic mass is 9.85. The van der Waals surface area contributed by atoms with E-state index in [9.17, 15) is 24.6 Å². The van der Waals surface area contributed by atoms with Gasteiger partial charge < -0.3 is 36.0 Å². The van der Waals surface area contributed by atoms with Gasteiger partial charge in [-0.1, -0.05) is 64.1 Å². The highest BCUT2D eigenvalue weighted by molar-refractivity contribution is 7.13. The lowest BCUT2D eigenvalue weighted by molar-refractivity contribution is -0.144. The van der Waals surface area contributed by atoms with Crippen molar-refractivity contribution < 1.29 is 24.6 Å². The van der Waals surface area contributed by atoms with Crippen LogP contribution in [0, 0.1) is 18.3 Å². The minimum absolute atomic E-state index is 0.0242. The largest absolute Gasteiger partial charge is 0.507 e. The summed E-state index contributed by atoms with van der Waals surface area (Å²) in [4.78, 5) is 53.4. The number of carbonyl (C=O) groups is 3. The van der Waals surface area contributed by atoms with Gasteiger partial charge in [0.25, 0.3) is 0 Å². The number of thiazole rings is 1. The highest BCUT2D eigenvalue weighted by Gasteiger charge is 2.45. The standard InChI is InChI=1S/C50H67N11O5S/c1-7-20-51-47-44-40(26-39(55-56-44)38-10-8-9-11-42(38)63)61(57-47)36-18-23-58(24-19-36)27-33-16-21-59(22-17-33)29-43(64)54-46(50(4,5)6)49(66)60-28-37(62)25-41(60)48(65)53-31(2)34-12-14-35(15-13-34)45-32(3)52-30-67-45/h8-15,26,30-31,33,36-37,41,46,62-63H,7,16-25,27-29H2,1-6H3,(H,51,57)(H,53,65)(H,54,64)/t31-,37+,41-,46+/m0/s1. The van der Waals surface area contributed by atoms with Gasteiger partial charge in [-0.25, -0.2) is 4.98 Å². The van der Waals surface area contributed by atoms with Gasteiger partial charge in [-0.2, -0.15) is 5.10 Å². The zero-order valence-electron chi connectivity index (χ0n) is 39.7. The number of phenolic OH excluding ortho intramolecular Hbond substituents is 1. The molecule has 3 amide bonds. The van der Waals surface area contributed by atoms with Crippen molar-refractivity contribution in [1.82, 2.24) is 50.3 Å². The van der Waals surface area contributed by atoms with Crippen LogP contribution in [-0.4, -0.2) is 138 Å². The lowest BCUT2D eigenvalue weighted by Gasteiger charge is -2.38. The van der Waals surface area contributed by atoms with E-state index in [4.69, 9.17) is 5.10 Å². The number of piperidine rings is 2. The lowest BCUT2D eigenvalue weighted by Crippen LogP contribution is -2.59. The summed E-state index contributed by atoms with van der Waals surface area (Å²) in [6, 6.07) is 15.3. The molecule has 8 rings (SSSR count). The molecule has 0 bridgehead atoms. The second-order valence-corrected chi connectivity index (χ2v) is 20.7. The number of hydrogen-bond donors (Lipinski definition) is 5. The smallest absolute Gasteiger partial charge is 0.246 e. The summed E-state index contributed by atoms with van der Waals surface area (Å²) < 4.78 is 2.11. The molecule has 3 fully saturated rings. The van der Waals surface area contributed by atoms with Gasteiger partial charge in [-0.3, -0.25) is 24.0 Å². The van der Waals surface area contributed by atoms with Gasteiger partial charge in [-0.05, 0) is 99.7 Å². The number of aryl methyl sites for hydroxylation is 1. The fraction of sp³-hybridized carbons (Fsp3) is 0.540. The SMILES string of the molecule is CCCNc1nn(C2CCN(CC3CCN(CC(=O)N[C@H](C(=O)N4C[C@H](O)C[C@H]4C(=O)N[C@@H](C)c4ccc(-c5scnc5C)cc4)C(C)(C)C)CC3)CC2)c2cc(-c3ccccc3O)nnc12. The van der Waals surface area contributed by atoms with Gasteiger partial charge in [0.2, 0.25) is 17.7 Å². The second kappa shape index (κ2) is 20.8. The number of para-hydroxylation sites is 1. The van der Waals surface area contributed by atoms with Crippen molar-refractivity contribution in [2.24, 2.45) is 11.3 Å². The van der Waals surface area contributed by atoms with Crippen molar-refractivity contribution >= 4 is 45.9 Å². The molecule has 5 aromatic rings. The number of amides is 3. The maximum atomic E-state index is 14.3. The number of hydrogen-bond acceptors (Lipinski definition) is 13. The van der Waals surface area contributed by atoms with Crippen molar-refractivity contribution in [3.05, 3.63) is 71.4 Å². The number of aromatic hydroxyl groups is 1. The summed E-state index contributed by atoms with van der Waals surface area (Å²) >= 11 is 1.59. The van der Waals surface area contributed by atoms with Crippen LogP contribution in [0.15, 0.2) is 60.1 Å². The molecule has 0 radical (unpaired) electrons. The number of fused-ring (bicyclic) bond motifs is 1. The first-order valence-corrected chi connectivity index (χ1v) is 24.9. The van der Waals surface area contributed by atoms with Crippen molar-refractivity contribution in [3.63, 3.8) is 0 Å². The number of β-amino-alcohol motifs (C(OH)–C–C–N with tert-alkyl or cyclic N) is 1. The Morgan fingerprint density at radius 3 is 2.33 bits per heavy atom. The highest BCUT2D eigenvalue weighted by Crippen LogP contribution is 2.35. The third-order valence-corrected chi connectivity index (χ3v) is 14.7. The maximum absolute atomic E-state index is 14.3. The van der Waals surface area contributed by atoms with Gasteiger partial charge in [0.05, 0.1) is 52.0 Å². The third kappa shape index (κ3) is 11.1. The van der Waals surface area contributed by atoms with Crippen LogP contribution in [0.3, 0.4) is 0 Å².